The molecule has 0 unspecified atom stereocenters. The molecule has 0 bridgehead atoms. The number of hydrogen-bond donors (Lipinski definition) is 1. The molecule has 0 aromatic rings. The van der Waals surface area contributed by atoms with Crippen LogP contribution in [0.2, 0.25) is 0 Å². The highest BCUT2D eigenvalue weighted by molar-refractivity contribution is 4.32. The van der Waals surface area contributed by atoms with Crippen LogP contribution in [-0.2, 0) is 0 Å². The Morgan fingerprint density at radius 3 is 1.71 bits per heavy atom. The Morgan fingerprint density at radius 2 is 1.71 bits per heavy atom. The standard InChI is InChI=1S/CH2F3N3/c2-1(3,4)6-7-5/h(H2,5,6). The summed E-state index contributed by atoms with van der Waals surface area (Å²) in [6, 6.07) is 0. The second-order valence-corrected chi connectivity index (χ2v) is 0.683. The fraction of sp³-hybridized carbons (Fsp3) is 1.00. The van der Waals surface area contributed by atoms with E-state index >= 15 is 0 Å². The molecule has 0 aromatic carbocycles. The zero-order chi connectivity index (χ0) is 5.91. The fourth-order valence-electron chi connectivity index (χ4n) is 0.0655. The third-order valence-corrected chi connectivity index (χ3v) is 0.171. The molecule has 0 radical (unpaired) electrons. The molecule has 0 spiro atoms. The molecule has 0 rings (SSSR count). The van der Waals surface area contributed by atoms with E-state index in [9.17, 15) is 13.2 Å². The van der Waals surface area contributed by atoms with Crippen molar-refractivity contribution in [2.45, 2.75) is 6.30 Å². The van der Waals surface area contributed by atoms with E-state index in [0.29, 0.717) is 0 Å². The van der Waals surface area contributed by atoms with Gasteiger partial charge in [-0.25, -0.2) is 0 Å². The first-order valence-electron chi connectivity index (χ1n) is 1.25. The molecule has 0 aliphatic rings. The van der Waals surface area contributed by atoms with Crippen LogP contribution in [0, 0.1) is 0 Å². The summed E-state index contributed by atoms with van der Waals surface area (Å²) >= 11 is 0. The third-order valence-electron chi connectivity index (χ3n) is 0.171. The first-order valence-corrected chi connectivity index (χ1v) is 1.25. The van der Waals surface area contributed by atoms with Gasteiger partial charge in [-0.1, -0.05) is 10.3 Å². The Hall–Kier alpha value is -0.810. The zero-order valence-electron chi connectivity index (χ0n) is 3.11. The molecule has 6 heteroatoms. The van der Waals surface area contributed by atoms with Crippen molar-refractivity contribution >= 4 is 0 Å². The Kier molecular flexibility index (Phi) is 1.56. The minimum absolute atomic E-state index is 1.66. The van der Waals surface area contributed by atoms with Crippen LogP contribution in [0.1, 0.15) is 0 Å². The van der Waals surface area contributed by atoms with E-state index in [1.165, 1.54) is 0 Å². The van der Waals surface area contributed by atoms with E-state index < -0.39 is 6.30 Å². The molecule has 0 aromatic heterocycles. The molecule has 0 aliphatic heterocycles. The van der Waals surface area contributed by atoms with E-state index in [0.717, 1.165) is 0 Å². The van der Waals surface area contributed by atoms with Gasteiger partial charge in [0.25, 0.3) is 0 Å². The molecule has 0 aliphatic carbocycles. The number of hydrogen-bond acceptors (Lipinski definition) is 2. The van der Waals surface area contributed by atoms with Gasteiger partial charge in [0.15, 0.2) is 0 Å². The quantitative estimate of drug-likeness (QED) is 0.215. The molecule has 0 atom stereocenters. The maximum atomic E-state index is 10.7. The van der Waals surface area contributed by atoms with Crippen LogP contribution < -0.4 is 5.84 Å². The predicted octanol–water partition coefficient (Wildman–Crippen LogP) is 0.832. The van der Waals surface area contributed by atoms with Crippen LogP contribution >= 0.6 is 0 Å². The van der Waals surface area contributed by atoms with Gasteiger partial charge < -0.3 is 5.84 Å². The summed E-state index contributed by atoms with van der Waals surface area (Å²) < 4.78 is 32.1. The lowest BCUT2D eigenvalue weighted by molar-refractivity contribution is -0.126. The van der Waals surface area contributed by atoms with Crippen molar-refractivity contribution in [1.29, 1.82) is 0 Å². The largest absolute Gasteiger partial charge is 0.522 e. The highest BCUT2D eigenvalue weighted by Gasteiger charge is 2.26. The number of rotatable bonds is 0. The molecule has 7 heavy (non-hydrogen) atoms. The topological polar surface area (TPSA) is 50.7 Å². The molecular weight excluding hydrogens is 111 g/mol. The van der Waals surface area contributed by atoms with Gasteiger partial charge in [-0.05, 0) is 0 Å². The van der Waals surface area contributed by atoms with E-state index in [1.807, 2.05) is 5.22 Å². The first-order chi connectivity index (χ1) is 3.06. The summed E-state index contributed by atoms with van der Waals surface area (Å²) in [4.78, 5) is 0. The SMILES string of the molecule is NN=NC(F)(F)F. The van der Waals surface area contributed by atoms with Crippen molar-refractivity contribution in [1.82, 2.24) is 0 Å². The van der Waals surface area contributed by atoms with Crippen molar-refractivity contribution in [2.75, 3.05) is 0 Å². The lowest BCUT2D eigenvalue weighted by Gasteiger charge is -1.90. The van der Waals surface area contributed by atoms with Crippen LogP contribution in [0.3, 0.4) is 0 Å². The predicted molar refractivity (Wildman–Crippen MR) is 15.1 cm³/mol. The van der Waals surface area contributed by atoms with E-state index in [-0.39, 0.29) is 0 Å². The van der Waals surface area contributed by atoms with E-state index in [1.54, 1.807) is 5.11 Å². The molecule has 0 saturated carbocycles. The highest BCUT2D eigenvalue weighted by atomic mass is 19.4. The van der Waals surface area contributed by atoms with Crippen molar-refractivity contribution in [2.24, 2.45) is 16.2 Å². The lowest BCUT2D eigenvalue weighted by atomic mass is 11.2. The van der Waals surface area contributed by atoms with E-state index in [4.69, 9.17) is 0 Å². The summed E-state index contributed by atoms with van der Waals surface area (Å²) in [5.41, 5.74) is 0. The van der Waals surface area contributed by atoms with Gasteiger partial charge in [0.1, 0.15) is 0 Å². The second-order valence-electron chi connectivity index (χ2n) is 0.683. The summed E-state index contributed by atoms with van der Waals surface area (Å²) in [6.07, 6.45) is -4.62. The molecule has 42 valence electrons. The van der Waals surface area contributed by atoms with Gasteiger partial charge in [0.2, 0.25) is 0 Å². The van der Waals surface area contributed by atoms with Gasteiger partial charge in [-0.3, -0.25) is 0 Å². The summed E-state index contributed by atoms with van der Waals surface area (Å²) in [6.45, 7) is 0. The molecule has 2 N–H and O–H groups in total. The smallest absolute Gasteiger partial charge is 0.305 e. The van der Waals surface area contributed by atoms with Crippen LogP contribution in [0.4, 0.5) is 13.2 Å². The maximum absolute atomic E-state index is 10.7. The summed E-state index contributed by atoms with van der Waals surface area (Å²) in [7, 11) is 0. The Balaban J connectivity index is 3.56. The van der Waals surface area contributed by atoms with Gasteiger partial charge >= 0.3 is 6.30 Å². The van der Waals surface area contributed by atoms with Crippen LogP contribution in [0.15, 0.2) is 10.3 Å². The molecular formula is CH2F3N3. The first kappa shape index (κ1) is 6.19. The van der Waals surface area contributed by atoms with Crippen molar-refractivity contribution in [3.8, 4) is 0 Å². The average Bonchev–Trinajstić information content (AvgIpc) is 1.30. The monoisotopic (exact) mass is 113 g/mol. The van der Waals surface area contributed by atoms with Gasteiger partial charge in [0, 0.05) is 0 Å². The molecule has 0 saturated heterocycles. The second kappa shape index (κ2) is 1.76. The third kappa shape index (κ3) is 5.19. The molecule has 0 fully saturated rings. The highest BCUT2D eigenvalue weighted by Crippen LogP contribution is 2.14. The van der Waals surface area contributed by atoms with Gasteiger partial charge in [-0.15, -0.1) is 13.2 Å². The van der Waals surface area contributed by atoms with Crippen LogP contribution in [0.5, 0.6) is 0 Å². The van der Waals surface area contributed by atoms with Crippen LogP contribution in [0.25, 0.3) is 0 Å². The van der Waals surface area contributed by atoms with Gasteiger partial charge in [-0.2, -0.15) is 0 Å². The van der Waals surface area contributed by atoms with Crippen molar-refractivity contribution in [3.63, 3.8) is 0 Å². The lowest BCUT2D eigenvalue weighted by Crippen LogP contribution is -2.01. The Bertz CT molecular complexity index is 72.7. The zero-order valence-corrected chi connectivity index (χ0v) is 3.11. The van der Waals surface area contributed by atoms with Crippen LogP contribution in [-0.4, -0.2) is 6.30 Å². The van der Waals surface area contributed by atoms with Gasteiger partial charge in [0.05, 0.1) is 0 Å². The molecule has 3 nitrogen and oxygen atoms in total. The number of halogens is 3. The molecule has 0 amide bonds. The van der Waals surface area contributed by atoms with Crippen molar-refractivity contribution in [3.05, 3.63) is 0 Å². The number of nitrogens with two attached hydrogens (primary N) is 1. The Labute approximate surface area is 37.0 Å². The minimum Gasteiger partial charge on any atom is -0.305 e. The Morgan fingerprint density at radius 1 is 1.29 bits per heavy atom. The maximum Gasteiger partial charge on any atom is 0.522 e. The fourth-order valence-corrected chi connectivity index (χ4v) is 0.0655. The minimum atomic E-state index is -4.62. The molecule has 0 heterocycles. The average molecular weight is 113 g/mol. The number of nitrogens with zero attached hydrogens (tertiary/aromatic N) is 2. The summed E-state index contributed by atoms with van der Waals surface area (Å²) in [5.74, 6) is 4.05. The number of alkyl halides is 3. The van der Waals surface area contributed by atoms with E-state index in [2.05, 4.69) is 5.84 Å². The normalized spacial score (nSPS) is 13.0. The summed E-state index contributed by atoms with van der Waals surface area (Å²) in [5, 5.41) is 3.67. The van der Waals surface area contributed by atoms with Crippen molar-refractivity contribution < 1.29 is 13.2 Å².